The van der Waals surface area contributed by atoms with Crippen LogP contribution < -0.4 is 0 Å². The highest BCUT2D eigenvalue weighted by Crippen LogP contribution is 2.08. The Labute approximate surface area is 79.1 Å². The van der Waals surface area contributed by atoms with E-state index in [-0.39, 0.29) is 0 Å². The van der Waals surface area contributed by atoms with Crippen LogP contribution in [0.3, 0.4) is 0 Å². The third-order valence-electron chi connectivity index (χ3n) is 2.23. The summed E-state index contributed by atoms with van der Waals surface area (Å²) < 4.78 is 5.31. The van der Waals surface area contributed by atoms with Crippen LogP contribution in [0.4, 0.5) is 0 Å². The molecular weight excluding hydrogens is 170 g/mol. The summed E-state index contributed by atoms with van der Waals surface area (Å²) in [5.74, 6) is 0. The van der Waals surface area contributed by atoms with Crippen molar-refractivity contribution < 1.29 is 14.9 Å². The Bertz CT molecular complexity index is 133. The molecule has 0 aliphatic carbocycles. The molecule has 1 saturated heterocycles. The van der Waals surface area contributed by atoms with Gasteiger partial charge in [0.15, 0.2) is 0 Å². The molecule has 0 spiro atoms. The first kappa shape index (κ1) is 10.9. The topological polar surface area (TPSA) is 52.9 Å². The molecule has 0 radical (unpaired) electrons. The lowest BCUT2D eigenvalue weighted by molar-refractivity contribution is 0.0572. The Morgan fingerprint density at radius 2 is 1.85 bits per heavy atom. The van der Waals surface area contributed by atoms with Gasteiger partial charge in [0.25, 0.3) is 0 Å². The largest absolute Gasteiger partial charge is 0.389 e. The van der Waals surface area contributed by atoms with Crippen molar-refractivity contribution in [2.45, 2.75) is 25.6 Å². The first-order chi connectivity index (χ1) is 6.24. The highest BCUT2D eigenvalue weighted by atomic mass is 16.5. The Balaban J connectivity index is 2.03. The summed E-state index contributed by atoms with van der Waals surface area (Å²) in [5, 5.41) is 18.5. The van der Waals surface area contributed by atoms with Crippen LogP contribution in [0, 0.1) is 0 Å². The maximum atomic E-state index is 9.24. The molecule has 0 aromatic carbocycles. The van der Waals surface area contributed by atoms with Crippen LogP contribution in [-0.2, 0) is 4.74 Å². The standard InChI is InChI=1S/C9H19NO3/c1-2-4-13-5-3-10-6-8(11)9(12)7-10/h8-9,11-12H,2-7H2,1H3. The molecule has 0 saturated carbocycles. The summed E-state index contributed by atoms with van der Waals surface area (Å²) >= 11 is 0. The van der Waals surface area contributed by atoms with Crippen LogP contribution in [0.25, 0.3) is 0 Å². The molecule has 78 valence electrons. The number of hydrogen-bond acceptors (Lipinski definition) is 4. The van der Waals surface area contributed by atoms with Crippen molar-refractivity contribution in [2.24, 2.45) is 0 Å². The highest BCUT2D eigenvalue weighted by molar-refractivity contribution is 4.82. The minimum absolute atomic E-state index is 0.566. The molecule has 2 atom stereocenters. The summed E-state index contributed by atoms with van der Waals surface area (Å²) in [4.78, 5) is 2.02. The maximum absolute atomic E-state index is 9.24. The van der Waals surface area contributed by atoms with Gasteiger partial charge >= 0.3 is 0 Å². The molecule has 13 heavy (non-hydrogen) atoms. The first-order valence-electron chi connectivity index (χ1n) is 4.90. The van der Waals surface area contributed by atoms with E-state index in [0.29, 0.717) is 19.7 Å². The molecule has 1 aliphatic rings. The fraction of sp³-hybridized carbons (Fsp3) is 1.00. The first-order valence-corrected chi connectivity index (χ1v) is 4.90. The second kappa shape index (κ2) is 5.54. The zero-order chi connectivity index (χ0) is 9.68. The van der Waals surface area contributed by atoms with E-state index in [1.165, 1.54) is 0 Å². The Hall–Kier alpha value is -0.160. The number of β-amino-alcohol motifs (C(OH)–C–C–N with tert-alkyl or cyclic N) is 2. The average molecular weight is 189 g/mol. The molecule has 2 unspecified atom stereocenters. The van der Waals surface area contributed by atoms with Gasteiger partial charge in [-0.05, 0) is 6.42 Å². The Morgan fingerprint density at radius 3 is 2.38 bits per heavy atom. The van der Waals surface area contributed by atoms with Crippen molar-refractivity contribution in [3.05, 3.63) is 0 Å². The van der Waals surface area contributed by atoms with Crippen molar-refractivity contribution in [3.8, 4) is 0 Å². The Kier molecular flexibility index (Phi) is 4.66. The minimum atomic E-state index is -0.578. The molecular formula is C9H19NO3. The van der Waals surface area contributed by atoms with Gasteiger partial charge in [0, 0.05) is 26.2 Å². The van der Waals surface area contributed by atoms with Crippen LogP contribution in [0.5, 0.6) is 0 Å². The molecule has 0 aromatic rings. The fourth-order valence-corrected chi connectivity index (χ4v) is 1.47. The SMILES string of the molecule is CCCOCCN1CC(O)C(O)C1. The predicted octanol–water partition coefficient (Wildman–Crippen LogP) is -0.550. The van der Waals surface area contributed by atoms with Gasteiger partial charge in [0.1, 0.15) is 0 Å². The van der Waals surface area contributed by atoms with Crippen LogP contribution in [0.1, 0.15) is 13.3 Å². The summed E-state index contributed by atoms with van der Waals surface area (Å²) in [6.45, 7) is 5.48. The van der Waals surface area contributed by atoms with Crippen molar-refractivity contribution in [2.75, 3.05) is 32.8 Å². The lowest BCUT2D eigenvalue weighted by atomic mass is 10.3. The molecule has 1 rings (SSSR count). The van der Waals surface area contributed by atoms with Crippen LogP contribution in [0.15, 0.2) is 0 Å². The molecule has 4 nitrogen and oxygen atoms in total. The summed E-state index contributed by atoms with van der Waals surface area (Å²) in [6.07, 6.45) is -0.122. The average Bonchev–Trinajstić information content (AvgIpc) is 2.41. The number of nitrogens with zero attached hydrogens (tertiary/aromatic N) is 1. The van der Waals surface area contributed by atoms with E-state index in [2.05, 4.69) is 6.92 Å². The van der Waals surface area contributed by atoms with Crippen LogP contribution in [0.2, 0.25) is 0 Å². The Morgan fingerprint density at radius 1 is 1.23 bits per heavy atom. The van der Waals surface area contributed by atoms with Crippen molar-refractivity contribution in [1.29, 1.82) is 0 Å². The normalized spacial score (nSPS) is 29.8. The molecule has 0 amide bonds. The summed E-state index contributed by atoms with van der Waals surface area (Å²) in [6, 6.07) is 0. The van der Waals surface area contributed by atoms with Gasteiger partial charge in [-0.2, -0.15) is 0 Å². The van der Waals surface area contributed by atoms with Crippen molar-refractivity contribution in [1.82, 2.24) is 4.90 Å². The van der Waals surface area contributed by atoms with Gasteiger partial charge in [-0.3, -0.25) is 4.90 Å². The van der Waals surface area contributed by atoms with E-state index < -0.39 is 12.2 Å². The number of ether oxygens (including phenoxy) is 1. The number of aliphatic hydroxyl groups is 2. The molecule has 1 heterocycles. The molecule has 4 heteroatoms. The monoisotopic (exact) mass is 189 g/mol. The van der Waals surface area contributed by atoms with Crippen LogP contribution in [-0.4, -0.2) is 60.2 Å². The van der Waals surface area contributed by atoms with E-state index in [0.717, 1.165) is 19.6 Å². The van der Waals surface area contributed by atoms with E-state index in [1.807, 2.05) is 4.90 Å². The quantitative estimate of drug-likeness (QED) is 0.570. The number of rotatable bonds is 5. The molecule has 2 N–H and O–H groups in total. The van der Waals surface area contributed by atoms with Crippen molar-refractivity contribution >= 4 is 0 Å². The zero-order valence-electron chi connectivity index (χ0n) is 8.15. The molecule has 1 fully saturated rings. The summed E-state index contributed by atoms with van der Waals surface area (Å²) in [5.41, 5.74) is 0. The van der Waals surface area contributed by atoms with Gasteiger partial charge in [-0.15, -0.1) is 0 Å². The fourth-order valence-electron chi connectivity index (χ4n) is 1.47. The smallest absolute Gasteiger partial charge is 0.0938 e. The van der Waals surface area contributed by atoms with Gasteiger partial charge < -0.3 is 14.9 Å². The van der Waals surface area contributed by atoms with E-state index in [1.54, 1.807) is 0 Å². The van der Waals surface area contributed by atoms with E-state index in [4.69, 9.17) is 4.74 Å². The maximum Gasteiger partial charge on any atom is 0.0938 e. The van der Waals surface area contributed by atoms with Crippen LogP contribution >= 0.6 is 0 Å². The molecule has 0 bridgehead atoms. The predicted molar refractivity (Wildman–Crippen MR) is 49.6 cm³/mol. The number of hydrogen-bond donors (Lipinski definition) is 2. The molecule has 0 aromatic heterocycles. The van der Waals surface area contributed by atoms with Gasteiger partial charge in [0.2, 0.25) is 0 Å². The third kappa shape index (κ3) is 3.60. The molecule has 1 aliphatic heterocycles. The van der Waals surface area contributed by atoms with Gasteiger partial charge in [-0.25, -0.2) is 0 Å². The van der Waals surface area contributed by atoms with Crippen molar-refractivity contribution in [3.63, 3.8) is 0 Å². The third-order valence-corrected chi connectivity index (χ3v) is 2.23. The van der Waals surface area contributed by atoms with E-state index in [9.17, 15) is 10.2 Å². The lowest BCUT2D eigenvalue weighted by Gasteiger charge is -2.13. The number of aliphatic hydroxyl groups excluding tert-OH is 2. The van der Waals surface area contributed by atoms with E-state index >= 15 is 0 Å². The lowest BCUT2D eigenvalue weighted by Crippen LogP contribution is -2.26. The minimum Gasteiger partial charge on any atom is -0.389 e. The number of likely N-dealkylation sites (tertiary alicyclic amines) is 1. The zero-order valence-corrected chi connectivity index (χ0v) is 8.15. The second-order valence-corrected chi connectivity index (χ2v) is 3.51. The second-order valence-electron chi connectivity index (χ2n) is 3.51. The summed E-state index contributed by atoms with van der Waals surface area (Å²) in [7, 11) is 0. The van der Waals surface area contributed by atoms with Gasteiger partial charge in [0.05, 0.1) is 18.8 Å². The highest BCUT2D eigenvalue weighted by Gasteiger charge is 2.28. The van der Waals surface area contributed by atoms with Gasteiger partial charge in [-0.1, -0.05) is 6.92 Å².